The molecule has 1 fully saturated rings. The second kappa shape index (κ2) is 4.43. The zero-order chi connectivity index (χ0) is 9.80. The minimum absolute atomic E-state index is 0.242. The van der Waals surface area contributed by atoms with Crippen molar-refractivity contribution in [3.8, 4) is 0 Å². The maximum absolute atomic E-state index is 5.69. The minimum atomic E-state index is 0.242. The van der Waals surface area contributed by atoms with Crippen LogP contribution < -0.4 is 0 Å². The first-order valence-electron chi connectivity index (χ1n) is 5.24. The maximum atomic E-state index is 5.69. The molecular weight excluding hydrogens is 172 g/mol. The van der Waals surface area contributed by atoms with E-state index in [0.717, 1.165) is 18.6 Å². The number of hydrogen-bond acceptors (Lipinski definition) is 1. The Bertz CT molecular complexity index is 296. The van der Waals surface area contributed by atoms with Crippen molar-refractivity contribution < 1.29 is 4.74 Å². The summed E-state index contributed by atoms with van der Waals surface area (Å²) < 4.78 is 5.69. The fourth-order valence-electron chi connectivity index (χ4n) is 1.85. The summed E-state index contributed by atoms with van der Waals surface area (Å²) in [5, 5.41) is 0. The molecule has 0 saturated carbocycles. The van der Waals surface area contributed by atoms with Crippen molar-refractivity contribution >= 4 is 5.57 Å². The molecule has 1 aromatic carbocycles. The molecule has 14 heavy (non-hydrogen) atoms. The Morgan fingerprint density at radius 2 is 2.00 bits per heavy atom. The molecule has 1 aromatic rings. The monoisotopic (exact) mass is 188 g/mol. The van der Waals surface area contributed by atoms with E-state index in [1.54, 1.807) is 0 Å². The summed E-state index contributed by atoms with van der Waals surface area (Å²) in [6.07, 6.45) is 3.81. The zero-order valence-electron chi connectivity index (χ0n) is 8.41. The molecule has 0 radical (unpaired) electrons. The highest BCUT2D eigenvalue weighted by Gasteiger charge is 2.17. The van der Waals surface area contributed by atoms with Crippen LogP contribution in [0, 0.1) is 0 Å². The molecule has 2 rings (SSSR count). The number of hydrogen-bond donors (Lipinski definition) is 0. The Hall–Kier alpha value is -1.08. The Kier molecular flexibility index (Phi) is 3.00. The predicted octanol–water partition coefficient (Wildman–Crippen LogP) is 3.27. The molecule has 1 saturated heterocycles. The third kappa shape index (κ3) is 2.05. The largest absolute Gasteiger partial charge is 0.374 e. The molecule has 0 N–H and O–H groups in total. The highest BCUT2D eigenvalue weighted by atomic mass is 16.5. The summed E-state index contributed by atoms with van der Waals surface area (Å²) in [4.78, 5) is 0. The molecule has 0 bridgehead atoms. The van der Waals surface area contributed by atoms with E-state index in [1.165, 1.54) is 18.4 Å². The van der Waals surface area contributed by atoms with Gasteiger partial charge in [0.25, 0.3) is 0 Å². The van der Waals surface area contributed by atoms with Crippen molar-refractivity contribution in [3.63, 3.8) is 0 Å². The molecule has 1 aliphatic rings. The topological polar surface area (TPSA) is 9.23 Å². The second-order valence-corrected chi connectivity index (χ2v) is 3.75. The molecular formula is C13H16O. The van der Waals surface area contributed by atoms with Crippen molar-refractivity contribution in [1.29, 1.82) is 0 Å². The number of benzene rings is 1. The van der Waals surface area contributed by atoms with Crippen LogP contribution in [0.25, 0.3) is 5.57 Å². The first kappa shape index (κ1) is 9.47. The minimum Gasteiger partial charge on any atom is -0.374 e. The Morgan fingerprint density at radius 1 is 1.21 bits per heavy atom. The molecule has 74 valence electrons. The number of ether oxygens (including phenoxy) is 1. The summed E-state index contributed by atoms with van der Waals surface area (Å²) in [6, 6.07) is 10.3. The van der Waals surface area contributed by atoms with Crippen LogP contribution in [0.4, 0.5) is 0 Å². The van der Waals surface area contributed by atoms with E-state index in [-0.39, 0.29) is 6.10 Å². The molecule has 1 atom stereocenters. The Balaban J connectivity index is 2.07. The smallest absolute Gasteiger partial charge is 0.0825 e. The number of rotatable bonds is 2. The highest BCUT2D eigenvalue weighted by Crippen LogP contribution is 2.25. The van der Waals surface area contributed by atoms with Gasteiger partial charge in [-0.2, -0.15) is 0 Å². The molecule has 1 heterocycles. The lowest BCUT2D eigenvalue weighted by Crippen LogP contribution is -2.19. The summed E-state index contributed by atoms with van der Waals surface area (Å²) in [7, 11) is 0. The molecule has 1 heteroatoms. The van der Waals surface area contributed by atoms with Gasteiger partial charge in [-0.1, -0.05) is 36.9 Å². The standard InChI is InChI=1S/C13H16O/c1-11(12-7-3-2-4-8-12)13-9-5-6-10-14-13/h2-4,7-8,13H,1,5-6,9-10H2. The van der Waals surface area contributed by atoms with Gasteiger partial charge in [-0.25, -0.2) is 0 Å². The fraction of sp³-hybridized carbons (Fsp3) is 0.385. The molecule has 0 amide bonds. The lowest BCUT2D eigenvalue weighted by atomic mass is 9.97. The summed E-state index contributed by atoms with van der Waals surface area (Å²) >= 11 is 0. The first-order valence-corrected chi connectivity index (χ1v) is 5.24. The summed E-state index contributed by atoms with van der Waals surface area (Å²) in [5.74, 6) is 0. The predicted molar refractivity (Wildman–Crippen MR) is 59.1 cm³/mol. The van der Waals surface area contributed by atoms with Gasteiger partial charge in [-0.3, -0.25) is 0 Å². The Morgan fingerprint density at radius 3 is 2.64 bits per heavy atom. The van der Waals surface area contributed by atoms with Crippen molar-refractivity contribution in [2.24, 2.45) is 0 Å². The van der Waals surface area contributed by atoms with E-state index < -0.39 is 0 Å². The molecule has 0 aromatic heterocycles. The summed E-state index contributed by atoms with van der Waals surface area (Å²) in [6.45, 7) is 5.01. The average Bonchev–Trinajstić information content (AvgIpc) is 2.30. The van der Waals surface area contributed by atoms with Crippen LogP contribution in [0.5, 0.6) is 0 Å². The van der Waals surface area contributed by atoms with Gasteiger partial charge < -0.3 is 4.74 Å². The normalized spacial score (nSPS) is 21.9. The van der Waals surface area contributed by atoms with Gasteiger partial charge in [0.2, 0.25) is 0 Å². The van der Waals surface area contributed by atoms with Crippen molar-refractivity contribution in [1.82, 2.24) is 0 Å². The van der Waals surface area contributed by atoms with E-state index in [2.05, 4.69) is 18.7 Å². The first-order chi connectivity index (χ1) is 6.88. The van der Waals surface area contributed by atoms with Crippen LogP contribution in [0.2, 0.25) is 0 Å². The van der Waals surface area contributed by atoms with Gasteiger partial charge >= 0.3 is 0 Å². The molecule has 0 aliphatic carbocycles. The van der Waals surface area contributed by atoms with Crippen molar-refractivity contribution in [2.75, 3.05) is 6.61 Å². The quantitative estimate of drug-likeness (QED) is 0.692. The van der Waals surface area contributed by atoms with Gasteiger partial charge in [0.15, 0.2) is 0 Å². The van der Waals surface area contributed by atoms with Crippen LogP contribution in [-0.2, 0) is 4.74 Å². The second-order valence-electron chi connectivity index (χ2n) is 3.75. The van der Waals surface area contributed by atoms with Gasteiger partial charge in [0.05, 0.1) is 6.10 Å². The fourth-order valence-corrected chi connectivity index (χ4v) is 1.85. The van der Waals surface area contributed by atoms with E-state index in [9.17, 15) is 0 Å². The molecule has 1 unspecified atom stereocenters. The van der Waals surface area contributed by atoms with E-state index in [4.69, 9.17) is 4.74 Å². The van der Waals surface area contributed by atoms with Crippen LogP contribution in [-0.4, -0.2) is 12.7 Å². The van der Waals surface area contributed by atoms with Gasteiger partial charge in [0.1, 0.15) is 0 Å². The third-order valence-corrected chi connectivity index (χ3v) is 2.71. The zero-order valence-corrected chi connectivity index (χ0v) is 8.41. The van der Waals surface area contributed by atoms with Crippen LogP contribution in [0.15, 0.2) is 36.9 Å². The highest BCUT2D eigenvalue weighted by molar-refractivity contribution is 5.66. The third-order valence-electron chi connectivity index (χ3n) is 2.71. The van der Waals surface area contributed by atoms with E-state index in [1.807, 2.05) is 18.2 Å². The molecule has 1 nitrogen and oxygen atoms in total. The van der Waals surface area contributed by atoms with Crippen LogP contribution in [0.1, 0.15) is 24.8 Å². The Labute approximate surface area is 85.4 Å². The van der Waals surface area contributed by atoms with Gasteiger partial charge in [0, 0.05) is 6.61 Å². The molecule has 1 aliphatic heterocycles. The lowest BCUT2D eigenvalue weighted by molar-refractivity contribution is 0.0530. The van der Waals surface area contributed by atoms with Crippen LogP contribution in [0.3, 0.4) is 0 Å². The maximum Gasteiger partial charge on any atom is 0.0825 e. The SMILES string of the molecule is C=C(c1ccccc1)C1CCCCO1. The van der Waals surface area contributed by atoms with Crippen LogP contribution >= 0.6 is 0 Å². The summed E-state index contributed by atoms with van der Waals surface area (Å²) in [5.41, 5.74) is 2.34. The van der Waals surface area contributed by atoms with E-state index >= 15 is 0 Å². The van der Waals surface area contributed by atoms with Crippen molar-refractivity contribution in [2.45, 2.75) is 25.4 Å². The van der Waals surface area contributed by atoms with Gasteiger partial charge in [-0.15, -0.1) is 0 Å². The van der Waals surface area contributed by atoms with Gasteiger partial charge in [-0.05, 0) is 30.4 Å². The van der Waals surface area contributed by atoms with E-state index in [0.29, 0.717) is 0 Å². The lowest BCUT2D eigenvalue weighted by Gasteiger charge is -2.24. The molecule has 0 spiro atoms. The van der Waals surface area contributed by atoms with Crippen molar-refractivity contribution in [3.05, 3.63) is 42.5 Å². The average molecular weight is 188 g/mol.